The van der Waals surface area contributed by atoms with Gasteiger partial charge in [-0.2, -0.15) is 0 Å². The lowest BCUT2D eigenvalue weighted by molar-refractivity contribution is 0.695. The standard InChI is InChI=1S/C12H15Br2N/c1-2-3-4-7-15-9-10-5-6-11(13)12(14)8-10/h2-3,5-6,8,15H,4,7,9H2,1H3/b3-2+. The van der Waals surface area contributed by atoms with Crippen LogP contribution in [0.3, 0.4) is 0 Å². The maximum absolute atomic E-state index is 3.49. The highest BCUT2D eigenvalue weighted by molar-refractivity contribution is 9.13. The van der Waals surface area contributed by atoms with E-state index < -0.39 is 0 Å². The molecule has 1 rings (SSSR count). The highest BCUT2D eigenvalue weighted by atomic mass is 79.9. The molecule has 0 aliphatic heterocycles. The van der Waals surface area contributed by atoms with Crippen molar-refractivity contribution in [3.8, 4) is 0 Å². The molecule has 0 aliphatic rings. The summed E-state index contributed by atoms with van der Waals surface area (Å²) < 4.78 is 2.20. The molecule has 0 unspecified atom stereocenters. The average Bonchev–Trinajstić information content (AvgIpc) is 2.23. The van der Waals surface area contributed by atoms with E-state index in [0.29, 0.717) is 0 Å². The van der Waals surface area contributed by atoms with E-state index in [1.165, 1.54) is 5.56 Å². The van der Waals surface area contributed by atoms with Gasteiger partial charge in [0.25, 0.3) is 0 Å². The second-order valence-electron chi connectivity index (χ2n) is 3.28. The number of nitrogens with one attached hydrogen (secondary N) is 1. The van der Waals surface area contributed by atoms with Gasteiger partial charge in [-0.1, -0.05) is 18.2 Å². The molecule has 0 bridgehead atoms. The van der Waals surface area contributed by atoms with Gasteiger partial charge < -0.3 is 5.32 Å². The summed E-state index contributed by atoms with van der Waals surface area (Å²) in [5.74, 6) is 0. The Morgan fingerprint density at radius 2 is 2.07 bits per heavy atom. The normalized spacial score (nSPS) is 11.1. The monoisotopic (exact) mass is 331 g/mol. The minimum atomic E-state index is 0.920. The van der Waals surface area contributed by atoms with E-state index in [9.17, 15) is 0 Å². The van der Waals surface area contributed by atoms with Gasteiger partial charge in [-0.3, -0.25) is 0 Å². The first-order chi connectivity index (χ1) is 7.24. The van der Waals surface area contributed by atoms with Crippen LogP contribution in [-0.2, 0) is 6.54 Å². The smallest absolute Gasteiger partial charge is 0.0320 e. The largest absolute Gasteiger partial charge is 0.312 e. The van der Waals surface area contributed by atoms with Gasteiger partial charge >= 0.3 is 0 Å². The Morgan fingerprint density at radius 1 is 1.27 bits per heavy atom. The SMILES string of the molecule is C/C=C/CCNCc1ccc(Br)c(Br)c1. The molecule has 1 N–H and O–H groups in total. The van der Waals surface area contributed by atoms with Crippen molar-refractivity contribution >= 4 is 31.9 Å². The molecule has 0 radical (unpaired) electrons. The van der Waals surface area contributed by atoms with Crippen LogP contribution < -0.4 is 5.32 Å². The molecule has 3 heteroatoms. The Bertz CT molecular complexity index is 334. The molecule has 0 heterocycles. The molecule has 82 valence electrons. The summed E-state index contributed by atoms with van der Waals surface area (Å²) in [5, 5.41) is 3.40. The number of halogens is 2. The summed E-state index contributed by atoms with van der Waals surface area (Å²) in [6.45, 7) is 3.99. The lowest BCUT2D eigenvalue weighted by atomic mass is 10.2. The first-order valence-corrected chi connectivity index (χ1v) is 6.58. The molecule has 15 heavy (non-hydrogen) atoms. The van der Waals surface area contributed by atoms with E-state index in [0.717, 1.165) is 28.5 Å². The van der Waals surface area contributed by atoms with Crippen molar-refractivity contribution in [1.82, 2.24) is 5.32 Å². The molecular weight excluding hydrogens is 318 g/mol. The Hall–Kier alpha value is -0.120. The van der Waals surface area contributed by atoms with Crippen molar-refractivity contribution in [2.75, 3.05) is 6.54 Å². The van der Waals surface area contributed by atoms with Crippen LogP contribution in [-0.4, -0.2) is 6.54 Å². The van der Waals surface area contributed by atoms with Gasteiger partial charge in [0.2, 0.25) is 0 Å². The minimum Gasteiger partial charge on any atom is -0.312 e. The number of rotatable bonds is 5. The first kappa shape index (κ1) is 12.9. The van der Waals surface area contributed by atoms with E-state index in [2.05, 4.69) is 67.5 Å². The Balaban J connectivity index is 2.34. The molecule has 0 fully saturated rings. The Morgan fingerprint density at radius 3 is 2.73 bits per heavy atom. The third kappa shape index (κ3) is 4.96. The zero-order valence-electron chi connectivity index (χ0n) is 8.76. The maximum Gasteiger partial charge on any atom is 0.0320 e. The van der Waals surface area contributed by atoms with Gasteiger partial charge in [0.15, 0.2) is 0 Å². The van der Waals surface area contributed by atoms with Crippen molar-refractivity contribution in [2.45, 2.75) is 19.9 Å². The van der Waals surface area contributed by atoms with E-state index >= 15 is 0 Å². The molecule has 1 aromatic rings. The van der Waals surface area contributed by atoms with E-state index in [1.807, 2.05) is 6.92 Å². The van der Waals surface area contributed by atoms with E-state index in [4.69, 9.17) is 0 Å². The van der Waals surface area contributed by atoms with Crippen molar-refractivity contribution in [2.24, 2.45) is 0 Å². The van der Waals surface area contributed by atoms with Gasteiger partial charge in [0, 0.05) is 15.5 Å². The molecule has 0 spiro atoms. The predicted molar refractivity (Wildman–Crippen MR) is 73.0 cm³/mol. The summed E-state index contributed by atoms with van der Waals surface area (Å²) in [6, 6.07) is 6.32. The average molecular weight is 333 g/mol. The quantitative estimate of drug-likeness (QED) is 0.627. The van der Waals surface area contributed by atoms with Crippen LogP contribution in [0, 0.1) is 0 Å². The fourth-order valence-electron chi connectivity index (χ4n) is 1.23. The van der Waals surface area contributed by atoms with Crippen LogP contribution in [0.15, 0.2) is 39.3 Å². The van der Waals surface area contributed by atoms with E-state index in [-0.39, 0.29) is 0 Å². The maximum atomic E-state index is 3.49. The fraction of sp³-hybridized carbons (Fsp3) is 0.333. The van der Waals surface area contributed by atoms with Gasteiger partial charge in [-0.15, -0.1) is 0 Å². The summed E-state index contributed by atoms with van der Waals surface area (Å²) in [5.41, 5.74) is 1.30. The molecular formula is C12H15Br2N. The van der Waals surface area contributed by atoms with Gasteiger partial charge in [0.05, 0.1) is 0 Å². The summed E-state index contributed by atoms with van der Waals surface area (Å²) in [7, 11) is 0. The van der Waals surface area contributed by atoms with E-state index in [1.54, 1.807) is 0 Å². The highest BCUT2D eigenvalue weighted by Gasteiger charge is 1.97. The summed E-state index contributed by atoms with van der Waals surface area (Å²) in [6.07, 6.45) is 5.34. The predicted octanol–water partition coefficient (Wildman–Crippen LogP) is 4.27. The zero-order chi connectivity index (χ0) is 11.1. The van der Waals surface area contributed by atoms with Crippen LogP contribution in [0.25, 0.3) is 0 Å². The fourth-order valence-corrected chi connectivity index (χ4v) is 1.91. The topological polar surface area (TPSA) is 12.0 Å². The lowest BCUT2D eigenvalue weighted by Crippen LogP contribution is -2.13. The summed E-state index contributed by atoms with van der Waals surface area (Å²) >= 11 is 6.95. The van der Waals surface area contributed by atoms with Gasteiger partial charge in [-0.25, -0.2) is 0 Å². The zero-order valence-corrected chi connectivity index (χ0v) is 11.9. The third-order valence-corrected chi connectivity index (χ3v) is 3.92. The third-order valence-electron chi connectivity index (χ3n) is 2.04. The van der Waals surface area contributed by atoms with Crippen molar-refractivity contribution in [3.05, 3.63) is 44.9 Å². The second-order valence-corrected chi connectivity index (χ2v) is 4.99. The van der Waals surface area contributed by atoms with Crippen LogP contribution >= 0.6 is 31.9 Å². The minimum absolute atomic E-state index is 0.920. The Labute approximate surface area is 108 Å². The molecule has 0 saturated carbocycles. The number of benzene rings is 1. The number of allylic oxidation sites excluding steroid dienone is 1. The van der Waals surface area contributed by atoms with Gasteiger partial charge in [-0.05, 0) is 69.4 Å². The van der Waals surface area contributed by atoms with Gasteiger partial charge in [0.1, 0.15) is 0 Å². The van der Waals surface area contributed by atoms with Crippen LogP contribution in [0.5, 0.6) is 0 Å². The molecule has 1 aromatic carbocycles. The van der Waals surface area contributed by atoms with Crippen LogP contribution in [0.2, 0.25) is 0 Å². The molecule has 0 amide bonds. The molecule has 0 saturated heterocycles. The second kappa shape index (κ2) is 7.20. The molecule has 0 aromatic heterocycles. The van der Waals surface area contributed by atoms with Crippen molar-refractivity contribution in [1.29, 1.82) is 0 Å². The molecule has 0 aliphatic carbocycles. The Kier molecular flexibility index (Phi) is 6.22. The number of hydrogen-bond donors (Lipinski definition) is 1. The van der Waals surface area contributed by atoms with Crippen molar-refractivity contribution < 1.29 is 0 Å². The van der Waals surface area contributed by atoms with Crippen LogP contribution in [0.4, 0.5) is 0 Å². The lowest BCUT2D eigenvalue weighted by Gasteiger charge is -2.04. The number of hydrogen-bond acceptors (Lipinski definition) is 1. The van der Waals surface area contributed by atoms with Crippen molar-refractivity contribution in [3.63, 3.8) is 0 Å². The molecule has 1 nitrogen and oxygen atoms in total. The first-order valence-electron chi connectivity index (χ1n) is 5.00. The highest BCUT2D eigenvalue weighted by Crippen LogP contribution is 2.23. The summed E-state index contributed by atoms with van der Waals surface area (Å²) in [4.78, 5) is 0. The van der Waals surface area contributed by atoms with Crippen LogP contribution in [0.1, 0.15) is 18.9 Å². The molecule has 0 atom stereocenters.